The first-order chi connectivity index (χ1) is 19.5. The first kappa shape index (κ1) is 27.6. The highest BCUT2D eigenvalue weighted by molar-refractivity contribution is 5.89. The summed E-state index contributed by atoms with van der Waals surface area (Å²) in [7, 11) is 0. The third kappa shape index (κ3) is 8.01. The summed E-state index contributed by atoms with van der Waals surface area (Å²) in [5.74, 6) is -1.76. The molecule has 0 atom stereocenters. The van der Waals surface area contributed by atoms with E-state index in [0.717, 1.165) is 0 Å². The van der Waals surface area contributed by atoms with Gasteiger partial charge in [0, 0.05) is 0 Å². The average Bonchev–Trinajstić information content (AvgIpc) is 3.01. The maximum atomic E-state index is 10.2. The van der Waals surface area contributed by atoms with Crippen molar-refractivity contribution in [1.29, 1.82) is 0 Å². The summed E-state index contributed by atoms with van der Waals surface area (Å²) in [6.07, 6.45) is 4.35. The maximum absolute atomic E-state index is 10.2. The van der Waals surface area contributed by atoms with Crippen LogP contribution in [0.5, 0.6) is 0 Å². The van der Waals surface area contributed by atoms with Gasteiger partial charge < -0.3 is 10.2 Å². The number of fused-ring (bicyclic) bond motifs is 2. The molecule has 4 heteroatoms. The van der Waals surface area contributed by atoms with Crippen LogP contribution in [0.1, 0.15) is 31.8 Å². The van der Waals surface area contributed by atoms with Gasteiger partial charge in [-0.2, -0.15) is 0 Å². The Kier molecular flexibility index (Phi) is 9.57. The molecule has 0 amide bonds. The lowest BCUT2D eigenvalue weighted by molar-refractivity contribution is 0.0686. The van der Waals surface area contributed by atoms with Crippen molar-refractivity contribution in [2.24, 2.45) is 0 Å². The zero-order valence-electron chi connectivity index (χ0n) is 21.7. The van der Waals surface area contributed by atoms with Crippen molar-refractivity contribution in [3.8, 4) is 0 Å². The Balaban J connectivity index is 0.000000169. The number of hydrogen-bond donors (Lipinski definition) is 2. The van der Waals surface area contributed by atoms with Gasteiger partial charge in [0.15, 0.2) is 0 Å². The van der Waals surface area contributed by atoms with Crippen LogP contribution in [0.3, 0.4) is 0 Å². The standard InChI is InChI=1S/C22H16.2C7H6O2/c1-3-7-21-15-17(11-13-19(21)5-1)9-10-18-12-14-20-6-2-4-8-22(20)16-18;2*8-7(9)6-4-2-1-3-5-6/h1-16H;2*1-5H,(H,8,9). The van der Waals surface area contributed by atoms with Crippen molar-refractivity contribution in [2.45, 2.75) is 0 Å². The Morgan fingerprint density at radius 2 is 0.725 bits per heavy atom. The number of carboxylic acids is 2. The lowest BCUT2D eigenvalue weighted by atomic mass is 10.0. The van der Waals surface area contributed by atoms with Crippen LogP contribution in [0.2, 0.25) is 0 Å². The Labute approximate surface area is 233 Å². The van der Waals surface area contributed by atoms with E-state index in [0.29, 0.717) is 11.1 Å². The summed E-state index contributed by atoms with van der Waals surface area (Å²) >= 11 is 0. The summed E-state index contributed by atoms with van der Waals surface area (Å²) in [6, 6.07) is 46.7. The molecule has 0 fully saturated rings. The Morgan fingerprint density at radius 3 is 1.05 bits per heavy atom. The molecule has 0 aliphatic rings. The molecule has 40 heavy (non-hydrogen) atoms. The summed E-state index contributed by atoms with van der Waals surface area (Å²) in [4.78, 5) is 20.4. The predicted octanol–water partition coefficient (Wildman–Crippen LogP) is 8.93. The Morgan fingerprint density at radius 1 is 0.400 bits per heavy atom. The lowest BCUT2D eigenvalue weighted by Gasteiger charge is -2.01. The van der Waals surface area contributed by atoms with Crippen LogP contribution in [0.4, 0.5) is 0 Å². The highest BCUT2D eigenvalue weighted by atomic mass is 16.4. The molecule has 6 rings (SSSR count). The minimum Gasteiger partial charge on any atom is -0.478 e. The van der Waals surface area contributed by atoms with Gasteiger partial charge in [-0.25, -0.2) is 9.59 Å². The van der Waals surface area contributed by atoms with E-state index in [1.807, 2.05) is 0 Å². The topological polar surface area (TPSA) is 74.6 Å². The fraction of sp³-hybridized carbons (Fsp3) is 0. The molecule has 0 aliphatic heterocycles. The zero-order valence-corrected chi connectivity index (χ0v) is 21.7. The third-order valence-electron chi connectivity index (χ3n) is 6.06. The highest BCUT2D eigenvalue weighted by Gasteiger charge is 1.98. The van der Waals surface area contributed by atoms with Crippen molar-refractivity contribution >= 4 is 45.6 Å². The van der Waals surface area contributed by atoms with Crippen molar-refractivity contribution in [3.05, 3.63) is 168 Å². The van der Waals surface area contributed by atoms with Gasteiger partial charge in [0.25, 0.3) is 0 Å². The molecule has 0 aliphatic carbocycles. The smallest absolute Gasteiger partial charge is 0.335 e. The fourth-order valence-electron chi connectivity index (χ4n) is 3.98. The van der Waals surface area contributed by atoms with Crippen LogP contribution in [0.15, 0.2) is 146 Å². The van der Waals surface area contributed by atoms with Crippen LogP contribution in [-0.4, -0.2) is 22.2 Å². The highest BCUT2D eigenvalue weighted by Crippen LogP contribution is 2.20. The van der Waals surface area contributed by atoms with Crippen LogP contribution < -0.4 is 0 Å². The summed E-state index contributed by atoms with van der Waals surface area (Å²) in [6.45, 7) is 0. The number of carbonyl (C=O) groups is 2. The largest absolute Gasteiger partial charge is 0.478 e. The van der Waals surface area contributed by atoms with Crippen LogP contribution in [-0.2, 0) is 0 Å². The van der Waals surface area contributed by atoms with E-state index in [1.165, 1.54) is 32.7 Å². The lowest BCUT2D eigenvalue weighted by Crippen LogP contribution is -1.93. The molecule has 0 unspecified atom stereocenters. The second-order valence-electron chi connectivity index (χ2n) is 8.89. The molecule has 2 N–H and O–H groups in total. The fourth-order valence-corrected chi connectivity index (χ4v) is 3.98. The quantitative estimate of drug-likeness (QED) is 0.226. The third-order valence-corrected chi connectivity index (χ3v) is 6.06. The average molecular weight is 525 g/mol. The van der Waals surface area contributed by atoms with E-state index in [-0.39, 0.29) is 0 Å². The summed E-state index contributed by atoms with van der Waals surface area (Å²) in [5.41, 5.74) is 3.12. The Bertz CT molecular complexity index is 1610. The predicted molar refractivity (Wildman–Crippen MR) is 164 cm³/mol. The van der Waals surface area contributed by atoms with Crippen LogP contribution in [0.25, 0.3) is 33.7 Å². The zero-order chi connectivity index (χ0) is 28.2. The molecule has 196 valence electrons. The number of hydrogen-bond acceptors (Lipinski definition) is 2. The van der Waals surface area contributed by atoms with Crippen molar-refractivity contribution < 1.29 is 19.8 Å². The van der Waals surface area contributed by atoms with Gasteiger partial charge >= 0.3 is 11.9 Å². The number of carboxylic acid groups (broad SMARTS) is 2. The molecule has 0 heterocycles. The monoisotopic (exact) mass is 524 g/mol. The van der Waals surface area contributed by atoms with Gasteiger partial charge in [-0.1, -0.05) is 121 Å². The molecule has 0 spiro atoms. The molecular formula is C36H28O4. The molecule has 0 aromatic heterocycles. The summed E-state index contributed by atoms with van der Waals surface area (Å²) in [5, 5.41) is 21.9. The maximum Gasteiger partial charge on any atom is 0.335 e. The van der Waals surface area contributed by atoms with E-state index in [4.69, 9.17) is 10.2 Å². The van der Waals surface area contributed by atoms with Gasteiger partial charge in [0.2, 0.25) is 0 Å². The first-order valence-corrected chi connectivity index (χ1v) is 12.7. The molecule has 6 aromatic rings. The van der Waals surface area contributed by atoms with Crippen molar-refractivity contribution in [3.63, 3.8) is 0 Å². The van der Waals surface area contributed by atoms with Crippen molar-refractivity contribution in [2.75, 3.05) is 0 Å². The second kappa shape index (κ2) is 13.9. The SMILES string of the molecule is C(=Cc1ccc2ccccc2c1)c1ccc2ccccc2c1.O=C(O)c1ccccc1.O=C(O)c1ccccc1. The molecule has 0 saturated carbocycles. The molecule has 4 nitrogen and oxygen atoms in total. The van der Waals surface area contributed by atoms with Crippen molar-refractivity contribution in [1.82, 2.24) is 0 Å². The minimum atomic E-state index is -0.879. The number of aromatic carboxylic acids is 2. The van der Waals surface area contributed by atoms with E-state index in [2.05, 4.69) is 97.1 Å². The number of benzene rings is 6. The first-order valence-electron chi connectivity index (χ1n) is 12.7. The number of rotatable bonds is 4. The normalized spacial score (nSPS) is 10.3. The van der Waals surface area contributed by atoms with Gasteiger partial charge in [0.1, 0.15) is 0 Å². The molecule has 6 aromatic carbocycles. The molecule has 0 radical (unpaired) electrons. The van der Waals surface area contributed by atoms with E-state index >= 15 is 0 Å². The van der Waals surface area contributed by atoms with Crippen LogP contribution in [0, 0.1) is 0 Å². The molecule has 0 saturated heterocycles. The second-order valence-corrected chi connectivity index (χ2v) is 8.89. The molecule has 0 bridgehead atoms. The van der Waals surface area contributed by atoms with Gasteiger partial charge in [-0.3, -0.25) is 0 Å². The van der Waals surface area contributed by atoms with E-state index in [1.54, 1.807) is 60.7 Å². The van der Waals surface area contributed by atoms with E-state index in [9.17, 15) is 9.59 Å². The van der Waals surface area contributed by atoms with Gasteiger partial charge in [-0.05, 0) is 69.1 Å². The van der Waals surface area contributed by atoms with E-state index < -0.39 is 11.9 Å². The Hall–Kier alpha value is -5.48. The minimum absolute atomic E-state index is 0.331. The van der Waals surface area contributed by atoms with Gasteiger partial charge in [0.05, 0.1) is 11.1 Å². The molecular weight excluding hydrogens is 496 g/mol. The van der Waals surface area contributed by atoms with Gasteiger partial charge in [-0.15, -0.1) is 0 Å². The van der Waals surface area contributed by atoms with Crippen LogP contribution >= 0.6 is 0 Å². The summed E-state index contributed by atoms with van der Waals surface area (Å²) < 4.78 is 0.